The summed E-state index contributed by atoms with van der Waals surface area (Å²) in [4.78, 5) is 0. The van der Waals surface area contributed by atoms with Crippen LogP contribution >= 0.6 is 11.8 Å². The molecule has 16 heavy (non-hydrogen) atoms. The molecule has 0 aromatic carbocycles. The number of aliphatic hydroxyl groups excluding tert-OH is 1. The Balaban J connectivity index is 2.38. The summed E-state index contributed by atoms with van der Waals surface area (Å²) in [6, 6.07) is 0. The highest BCUT2D eigenvalue weighted by Gasteiger charge is 2.34. The molecule has 0 saturated heterocycles. The van der Waals surface area contributed by atoms with Crippen LogP contribution in [0.1, 0.15) is 52.4 Å². The summed E-state index contributed by atoms with van der Waals surface area (Å²) in [5.41, 5.74) is 0.0247. The van der Waals surface area contributed by atoms with E-state index >= 15 is 0 Å². The van der Waals surface area contributed by atoms with Crippen molar-refractivity contribution in [3.63, 3.8) is 0 Å². The minimum absolute atomic E-state index is 0.0247. The van der Waals surface area contributed by atoms with Crippen LogP contribution in [0.4, 0.5) is 0 Å². The minimum Gasteiger partial charge on any atom is -0.394 e. The molecule has 1 saturated carbocycles. The Bertz CT molecular complexity index is 185. The third kappa shape index (κ3) is 4.27. The zero-order chi connectivity index (χ0) is 11.9. The van der Waals surface area contributed by atoms with E-state index in [9.17, 15) is 5.11 Å². The van der Waals surface area contributed by atoms with Gasteiger partial charge >= 0.3 is 0 Å². The van der Waals surface area contributed by atoms with Crippen LogP contribution in [0.25, 0.3) is 0 Å². The molecule has 1 aliphatic rings. The normalized spacial score (nSPS) is 30.6. The van der Waals surface area contributed by atoms with Crippen molar-refractivity contribution in [1.82, 2.24) is 5.32 Å². The maximum Gasteiger partial charge on any atom is 0.0613 e. The van der Waals surface area contributed by atoms with Crippen molar-refractivity contribution in [3.8, 4) is 0 Å². The Labute approximate surface area is 105 Å². The molecule has 0 aromatic rings. The molecule has 0 amide bonds. The summed E-state index contributed by atoms with van der Waals surface area (Å²) in [6.07, 6.45) is 7.50. The third-order valence-corrected chi connectivity index (χ3v) is 4.90. The fourth-order valence-corrected chi connectivity index (χ4v) is 4.14. The van der Waals surface area contributed by atoms with Crippen LogP contribution in [0.3, 0.4) is 0 Å². The van der Waals surface area contributed by atoms with Crippen LogP contribution < -0.4 is 5.32 Å². The van der Waals surface area contributed by atoms with Gasteiger partial charge in [-0.15, -0.1) is 0 Å². The summed E-state index contributed by atoms with van der Waals surface area (Å²) < 4.78 is 0. The molecule has 2 unspecified atom stereocenters. The zero-order valence-corrected chi connectivity index (χ0v) is 11.6. The molecular formula is C13H27NOS. The Morgan fingerprint density at radius 3 is 2.88 bits per heavy atom. The lowest BCUT2D eigenvalue weighted by molar-refractivity contribution is 0.125. The largest absolute Gasteiger partial charge is 0.394 e. The summed E-state index contributed by atoms with van der Waals surface area (Å²) >= 11 is 2.11. The number of aliphatic hydroxyl groups is 1. The van der Waals surface area contributed by atoms with Crippen molar-refractivity contribution in [1.29, 1.82) is 0 Å². The summed E-state index contributed by atoms with van der Waals surface area (Å²) in [5, 5.41) is 13.9. The van der Waals surface area contributed by atoms with Gasteiger partial charge < -0.3 is 10.4 Å². The van der Waals surface area contributed by atoms with Crippen LogP contribution in [0.5, 0.6) is 0 Å². The molecule has 3 heteroatoms. The Morgan fingerprint density at radius 2 is 2.25 bits per heavy atom. The molecule has 0 spiro atoms. The first-order valence-electron chi connectivity index (χ1n) is 6.74. The monoisotopic (exact) mass is 245 g/mol. The highest BCUT2D eigenvalue weighted by Crippen LogP contribution is 2.35. The van der Waals surface area contributed by atoms with Gasteiger partial charge in [-0.05, 0) is 38.0 Å². The van der Waals surface area contributed by atoms with Gasteiger partial charge in [0.05, 0.1) is 6.61 Å². The van der Waals surface area contributed by atoms with Gasteiger partial charge in [-0.25, -0.2) is 0 Å². The first kappa shape index (κ1) is 14.3. The molecule has 0 aliphatic heterocycles. The second-order valence-corrected chi connectivity index (χ2v) is 6.32. The lowest BCUT2D eigenvalue weighted by Gasteiger charge is -2.40. The van der Waals surface area contributed by atoms with Crippen molar-refractivity contribution in [3.05, 3.63) is 0 Å². The maximum atomic E-state index is 9.59. The number of unbranched alkanes of at least 4 members (excludes halogenated alkanes) is 1. The molecule has 96 valence electrons. The summed E-state index contributed by atoms with van der Waals surface area (Å²) in [7, 11) is 0. The smallest absolute Gasteiger partial charge is 0.0613 e. The predicted octanol–water partition coefficient (Wildman–Crippen LogP) is 2.80. The number of nitrogens with one attached hydrogen (secondary N) is 1. The molecule has 0 bridgehead atoms. The van der Waals surface area contributed by atoms with Gasteiger partial charge in [0, 0.05) is 10.8 Å². The Kier molecular flexibility index (Phi) is 6.78. The highest BCUT2D eigenvalue weighted by molar-refractivity contribution is 7.99. The molecule has 1 fully saturated rings. The van der Waals surface area contributed by atoms with Gasteiger partial charge in [-0.2, -0.15) is 11.8 Å². The first-order valence-corrected chi connectivity index (χ1v) is 7.78. The van der Waals surface area contributed by atoms with Gasteiger partial charge in [0.1, 0.15) is 0 Å². The van der Waals surface area contributed by atoms with E-state index in [2.05, 4.69) is 30.9 Å². The zero-order valence-electron chi connectivity index (χ0n) is 10.8. The first-order chi connectivity index (χ1) is 7.76. The van der Waals surface area contributed by atoms with Crippen LogP contribution in [-0.2, 0) is 0 Å². The summed E-state index contributed by atoms with van der Waals surface area (Å²) in [6.45, 7) is 5.64. The summed E-state index contributed by atoms with van der Waals surface area (Å²) in [5.74, 6) is 1.29. The molecule has 2 atom stereocenters. The third-order valence-electron chi connectivity index (χ3n) is 3.51. The quantitative estimate of drug-likeness (QED) is 0.677. The minimum atomic E-state index is 0.0247. The average molecular weight is 245 g/mol. The van der Waals surface area contributed by atoms with Crippen molar-refractivity contribution < 1.29 is 5.11 Å². The van der Waals surface area contributed by atoms with Crippen LogP contribution in [-0.4, -0.2) is 34.8 Å². The topological polar surface area (TPSA) is 32.3 Å². The van der Waals surface area contributed by atoms with Crippen molar-refractivity contribution in [2.75, 3.05) is 18.9 Å². The lowest BCUT2D eigenvalue weighted by Crippen LogP contribution is -2.52. The number of rotatable bonds is 7. The van der Waals surface area contributed by atoms with Gasteiger partial charge in [-0.1, -0.05) is 26.7 Å². The Hall–Kier alpha value is 0.270. The second kappa shape index (κ2) is 7.57. The molecule has 1 rings (SSSR count). The van der Waals surface area contributed by atoms with Crippen LogP contribution in [0, 0.1) is 0 Å². The molecular weight excluding hydrogens is 218 g/mol. The lowest BCUT2D eigenvalue weighted by atomic mass is 9.82. The van der Waals surface area contributed by atoms with Crippen LogP contribution in [0.15, 0.2) is 0 Å². The van der Waals surface area contributed by atoms with E-state index in [1.54, 1.807) is 0 Å². The highest BCUT2D eigenvalue weighted by atomic mass is 32.2. The van der Waals surface area contributed by atoms with Gasteiger partial charge in [-0.3, -0.25) is 0 Å². The van der Waals surface area contributed by atoms with E-state index < -0.39 is 0 Å². The fraction of sp³-hybridized carbons (Fsp3) is 1.00. The van der Waals surface area contributed by atoms with E-state index in [0.717, 1.165) is 24.6 Å². The predicted molar refractivity (Wildman–Crippen MR) is 73.1 cm³/mol. The molecule has 1 aliphatic carbocycles. The maximum absolute atomic E-state index is 9.59. The second-order valence-electron chi connectivity index (χ2n) is 4.91. The molecule has 0 radical (unpaired) electrons. The average Bonchev–Trinajstić information content (AvgIpc) is 2.30. The van der Waals surface area contributed by atoms with Gasteiger partial charge in [0.25, 0.3) is 0 Å². The molecule has 2 nitrogen and oxygen atoms in total. The van der Waals surface area contributed by atoms with E-state index in [1.165, 1.54) is 31.4 Å². The Morgan fingerprint density at radius 1 is 1.44 bits per heavy atom. The van der Waals surface area contributed by atoms with Crippen LogP contribution in [0.2, 0.25) is 0 Å². The fourth-order valence-electron chi connectivity index (χ4n) is 2.58. The molecule has 2 N–H and O–H groups in total. The van der Waals surface area contributed by atoms with Crippen molar-refractivity contribution in [2.24, 2.45) is 0 Å². The molecule has 0 aromatic heterocycles. The number of thioether (sulfide) groups is 1. The van der Waals surface area contributed by atoms with Gasteiger partial charge in [0.15, 0.2) is 0 Å². The van der Waals surface area contributed by atoms with Crippen molar-refractivity contribution in [2.45, 2.75) is 63.2 Å². The van der Waals surface area contributed by atoms with E-state index in [-0.39, 0.29) is 5.54 Å². The van der Waals surface area contributed by atoms with E-state index in [0.29, 0.717) is 6.61 Å². The molecule has 0 heterocycles. The number of likely N-dealkylation sites (N-methyl/N-ethyl adjacent to an activating group) is 1. The van der Waals surface area contributed by atoms with E-state index in [1.807, 2.05) is 0 Å². The van der Waals surface area contributed by atoms with Gasteiger partial charge in [0.2, 0.25) is 0 Å². The van der Waals surface area contributed by atoms with Crippen molar-refractivity contribution >= 4 is 11.8 Å². The number of hydrogen-bond donors (Lipinski definition) is 2. The van der Waals surface area contributed by atoms with E-state index in [4.69, 9.17) is 0 Å². The SMILES string of the molecule is CCCCSC1CCCC(CO)(NCC)C1. The standard InChI is InChI=1S/C13H27NOS/c1-3-5-9-16-12-7-6-8-13(10-12,11-15)14-4-2/h12,14-15H,3-11H2,1-2H3. The number of hydrogen-bond acceptors (Lipinski definition) is 3.